The zero-order valence-electron chi connectivity index (χ0n) is 11.7. The minimum atomic E-state index is -0.0895. The van der Waals surface area contributed by atoms with E-state index >= 15 is 0 Å². The van der Waals surface area contributed by atoms with Crippen LogP contribution in [0.3, 0.4) is 0 Å². The number of aromatic nitrogens is 2. The van der Waals surface area contributed by atoms with Gasteiger partial charge in [0.05, 0.1) is 9.48 Å². The molecule has 22 heavy (non-hydrogen) atoms. The molecule has 0 aliphatic rings. The fourth-order valence-corrected chi connectivity index (χ4v) is 3.38. The Hall–Kier alpha value is -1.92. The lowest BCUT2D eigenvalue weighted by Crippen LogP contribution is -2.23. The Bertz CT molecular complexity index is 789. The molecule has 0 spiro atoms. The summed E-state index contributed by atoms with van der Waals surface area (Å²) >= 11 is 4.99. The number of fused-ring (bicyclic) bond motifs is 1. The first kappa shape index (κ1) is 15.0. The van der Waals surface area contributed by atoms with Crippen molar-refractivity contribution in [3.63, 3.8) is 0 Å². The van der Waals surface area contributed by atoms with Crippen molar-refractivity contribution in [1.82, 2.24) is 14.7 Å². The number of hydrogen-bond acceptors (Lipinski definition) is 3. The van der Waals surface area contributed by atoms with Crippen molar-refractivity contribution in [2.24, 2.45) is 0 Å². The molecular weight excluding hydrogens is 362 g/mol. The summed E-state index contributed by atoms with van der Waals surface area (Å²) in [5.74, 6) is -0.0895. The average molecular weight is 376 g/mol. The van der Waals surface area contributed by atoms with Crippen molar-refractivity contribution in [2.45, 2.75) is 6.42 Å². The first-order valence-corrected chi connectivity index (χ1v) is 8.45. The SMILES string of the molecule is O=C(/C=C/c1ccc(Br)s1)NCCc1cn2ccccc2n1. The average Bonchev–Trinajstić information content (AvgIpc) is 3.10. The van der Waals surface area contributed by atoms with Gasteiger partial charge in [-0.15, -0.1) is 11.3 Å². The lowest BCUT2D eigenvalue weighted by molar-refractivity contribution is -0.116. The van der Waals surface area contributed by atoms with Crippen LogP contribution in [0.2, 0.25) is 0 Å². The molecule has 0 radical (unpaired) electrons. The Morgan fingerprint density at radius 3 is 3.05 bits per heavy atom. The van der Waals surface area contributed by atoms with E-state index in [9.17, 15) is 4.79 Å². The Kier molecular flexibility index (Phi) is 4.70. The van der Waals surface area contributed by atoms with Crippen molar-refractivity contribution in [3.8, 4) is 0 Å². The van der Waals surface area contributed by atoms with Gasteiger partial charge in [0.2, 0.25) is 5.91 Å². The van der Waals surface area contributed by atoms with E-state index < -0.39 is 0 Å². The van der Waals surface area contributed by atoms with Crippen LogP contribution in [0.25, 0.3) is 11.7 Å². The summed E-state index contributed by atoms with van der Waals surface area (Å²) in [6, 6.07) is 9.82. The zero-order valence-corrected chi connectivity index (χ0v) is 14.1. The summed E-state index contributed by atoms with van der Waals surface area (Å²) < 4.78 is 3.03. The summed E-state index contributed by atoms with van der Waals surface area (Å²) in [6.07, 6.45) is 8.04. The molecule has 6 heteroatoms. The van der Waals surface area contributed by atoms with Crippen molar-refractivity contribution in [1.29, 1.82) is 0 Å². The quantitative estimate of drug-likeness (QED) is 0.693. The maximum Gasteiger partial charge on any atom is 0.244 e. The number of carbonyl (C=O) groups excluding carboxylic acids is 1. The fourth-order valence-electron chi connectivity index (χ4n) is 2.06. The Morgan fingerprint density at radius 2 is 2.27 bits per heavy atom. The molecule has 4 nitrogen and oxygen atoms in total. The highest BCUT2D eigenvalue weighted by molar-refractivity contribution is 9.11. The number of pyridine rings is 1. The van der Waals surface area contributed by atoms with Crippen LogP contribution in [-0.2, 0) is 11.2 Å². The van der Waals surface area contributed by atoms with E-state index in [0.717, 1.165) is 20.0 Å². The number of rotatable bonds is 5. The van der Waals surface area contributed by atoms with Gasteiger partial charge in [0.15, 0.2) is 0 Å². The van der Waals surface area contributed by atoms with E-state index in [-0.39, 0.29) is 5.91 Å². The molecule has 112 valence electrons. The number of amides is 1. The third-order valence-electron chi connectivity index (χ3n) is 3.09. The predicted octanol–water partition coefficient (Wildman–Crippen LogP) is 3.53. The van der Waals surface area contributed by atoms with Gasteiger partial charge in [-0.2, -0.15) is 0 Å². The minimum Gasteiger partial charge on any atom is -0.352 e. The van der Waals surface area contributed by atoms with Crippen LogP contribution in [0, 0.1) is 0 Å². The second-order valence-electron chi connectivity index (χ2n) is 4.71. The molecule has 3 heterocycles. The highest BCUT2D eigenvalue weighted by Gasteiger charge is 2.02. The maximum atomic E-state index is 11.8. The third-order valence-corrected chi connectivity index (χ3v) is 4.68. The van der Waals surface area contributed by atoms with Gasteiger partial charge in [0, 0.05) is 36.3 Å². The van der Waals surface area contributed by atoms with Gasteiger partial charge in [-0.1, -0.05) is 6.07 Å². The number of thiophene rings is 1. The second-order valence-corrected chi connectivity index (χ2v) is 7.21. The van der Waals surface area contributed by atoms with Crippen molar-refractivity contribution < 1.29 is 4.79 Å². The molecule has 0 aliphatic heterocycles. The van der Waals surface area contributed by atoms with E-state index in [0.29, 0.717) is 13.0 Å². The van der Waals surface area contributed by atoms with Gasteiger partial charge in [-0.05, 0) is 46.3 Å². The summed E-state index contributed by atoms with van der Waals surface area (Å²) in [6.45, 7) is 0.571. The molecule has 3 rings (SSSR count). The number of nitrogens with zero attached hydrogens (tertiary/aromatic N) is 2. The molecule has 0 aliphatic carbocycles. The van der Waals surface area contributed by atoms with Gasteiger partial charge in [-0.3, -0.25) is 4.79 Å². The summed E-state index contributed by atoms with van der Waals surface area (Å²) in [5, 5.41) is 2.87. The van der Waals surface area contributed by atoms with Gasteiger partial charge in [0.25, 0.3) is 0 Å². The van der Waals surface area contributed by atoms with E-state index in [1.54, 1.807) is 17.4 Å². The number of carbonyl (C=O) groups is 1. The topological polar surface area (TPSA) is 46.4 Å². The molecule has 0 unspecified atom stereocenters. The Balaban J connectivity index is 1.50. The molecule has 3 aromatic rings. The van der Waals surface area contributed by atoms with Crippen LogP contribution in [-0.4, -0.2) is 21.8 Å². The molecule has 1 N–H and O–H groups in total. The van der Waals surface area contributed by atoms with E-state index in [1.165, 1.54) is 0 Å². The minimum absolute atomic E-state index is 0.0895. The molecule has 0 aromatic carbocycles. The van der Waals surface area contributed by atoms with Gasteiger partial charge in [-0.25, -0.2) is 4.98 Å². The molecule has 3 aromatic heterocycles. The van der Waals surface area contributed by atoms with Crippen molar-refractivity contribution >= 4 is 44.9 Å². The van der Waals surface area contributed by atoms with E-state index in [1.807, 2.05) is 53.2 Å². The molecule has 0 fully saturated rings. The van der Waals surface area contributed by atoms with Gasteiger partial charge in [0.1, 0.15) is 5.65 Å². The van der Waals surface area contributed by atoms with Crippen LogP contribution < -0.4 is 5.32 Å². The van der Waals surface area contributed by atoms with Crippen molar-refractivity contribution in [3.05, 3.63) is 63.2 Å². The number of hydrogen-bond donors (Lipinski definition) is 1. The smallest absolute Gasteiger partial charge is 0.244 e. The first-order valence-electron chi connectivity index (χ1n) is 6.84. The molecule has 0 saturated heterocycles. The van der Waals surface area contributed by atoms with Crippen LogP contribution in [0.4, 0.5) is 0 Å². The first-order chi connectivity index (χ1) is 10.7. The van der Waals surface area contributed by atoms with Crippen LogP contribution in [0.5, 0.6) is 0 Å². The Morgan fingerprint density at radius 1 is 1.36 bits per heavy atom. The zero-order chi connectivity index (χ0) is 15.4. The van der Waals surface area contributed by atoms with Gasteiger partial charge >= 0.3 is 0 Å². The lowest BCUT2D eigenvalue weighted by atomic mass is 10.3. The van der Waals surface area contributed by atoms with E-state index in [4.69, 9.17) is 0 Å². The van der Waals surface area contributed by atoms with Crippen LogP contribution in [0.1, 0.15) is 10.6 Å². The monoisotopic (exact) mass is 375 g/mol. The third kappa shape index (κ3) is 3.84. The predicted molar refractivity (Wildman–Crippen MR) is 93.0 cm³/mol. The summed E-state index contributed by atoms with van der Waals surface area (Å²) in [7, 11) is 0. The molecule has 0 bridgehead atoms. The molecular formula is C16H14BrN3OS. The largest absolute Gasteiger partial charge is 0.352 e. The number of imidazole rings is 1. The normalized spacial score (nSPS) is 11.3. The number of nitrogens with one attached hydrogen (secondary N) is 1. The lowest BCUT2D eigenvalue weighted by Gasteiger charge is -1.99. The molecule has 0 saturated carbocycles. The summed E-state index contributed by atoms with van der Waals surface area (Å²) in [5.41, 5.74) is 1.89. The van der Waals surface area contributed by atoms with Crippen LogP contribution >= 0.6 is 27.3 Å². The highest BCUT2D eigenvalue weighted by atomic mass is 79.9. The van der Waals surface area contributed by atoms with E-state index in [2.05, 4.69) is 26.2 Å². The van der Waals surface area contributed by atoms with Crippen molar-refractivity contribution in [2.75, 3.05) is 6.54 Å². The number of halogens is 1. The Labute approximate surface area is 140 Å². The van der Waals surface area contributed by atoms with Crippen LogP contribution in [0.15, 0.2) is 52.6 Å². The highest BCUT2D eigenvalue weighted by Crippen LogP contribution is 2.22. The maximum absolute atomic E-state index is 11.8. The molecule has 1 amide bonds. The fraction of sp³-hybridized carbons (Fsp3) is 0.125. The second kappa shape index (κ2) is 6.89. The molecule has 0 atom stereocenters. The van der Waals surface area contributed by atoms with Gasteiger partial charge < -0.3 is 9.72 Å². The summed E-state index contributed by atoms with van der Waals surface area (Å²) in [4.78, 5) is 17.3. The standard InChI is InChI=1S/C16H14BrN3OS/c17-14-6-4-13(22-14)5-7-16(21)18-9-8-12-11-20-10-2-1-3-15(20)19-12/h1-7,10-11H,8-9H2,(H,18,21)/b7-5+.